The Morgan fingerprint density at radius 2 is 1.92 bits per heavy atom. The topological polar surface area (TPSA) is 137 Å². The maximum atomic E-state index is 10.0. The van der Waals surface area contributed by atoms with E-state index >= 15 is 0 Å². The number of aromatic nitrogens is 2. The summed E-state index contributed by atoms with van der Waals surface area (Å²) >= 11 is 0. The van der Waals surface area contributed by atoms with E-state index in [1.807, 2.05) is 0 Å². The van der Waals surface area contributed by atoms with E-state index in [2.05, 4.69) is 14.9 Å². The van der Waals surface area contributed by atoms with E-state index in [0.29, 0.717) is 0 Å². The zero-order valence-electron chi connectivity index (χ0n) is 5.33. The molecule has 0 aromatic carbocycles. The van der Waals surface area contributed by atoms with E-state index in [-0.39, 0.29) is 29.6 Å². The van der Waals surface area contributed by atoms with Gasteiger partial charge in [0.1, 0.15) is 0 Å². The summed E-state index contributed by atoms with van der Waals surface area (Å²) < 4.78 is 3.90. The average molecular weight is 199 g/mol. The SMILES string of the molecule is O=[N+]([O-])Nc1nonc1[N+](=O)[O-].[NaH]. The molecule has 11 heteroatoms. The van der Waals surface area contributed by atoms with Crippen LogP contribution < -0.4 is 5.43 Å². The normalized spacial score (nSPS) is 8.62. The number of hydrogen-bond acceptors (Lipinski definition) is 7. The third kappa shape index (κ3) is 2.93. The summed E-state index contributed by atoms with van der Waals surface area (Å²) in [5.74, 6) is -1.46. The molecule has 0 bridgehead atoms. The van der Waals surface area contributed by atoms with Crippen molar-refractivity contribution in [3.8, 4) is 0 Å². The van der Waals surface area contributed by atoms with Crippen molar-refractivity contribution < 1.29 is 14.6 Å². The van der Waals surface area contributed by atoms with Crippen LogP contribution in [0.1, 0.15) is 0 Å². The Kier molecular flexibility index (Phi) is 4.23. The first-order chi connectivity index (χ1) is 5.61. The van der Waals surface area contributed by atoms with E-state index in [1.165, 1.54) is 5.43 Å². The molecule has 0 spiro atoms. The first-order valence-electron chi connectivity index (χ1n) is 2.49. The number of hydrazine groups is 1. The fourth-order valence-corrected chi connectivity index (χ4v) is 0.461. The van der Waals surface area contributed by atoms with Gasteiger partial charge in [-0.25, -0.2) is 10.1 Å². The predicted octanol–water partition coefficient (Wildman–Crippen LogP) is -1.07. The van der Waals surface area contributed by atoms with Crippen LogP contribution in [-0.2, 0) is 0 Å². The molecule has 0 aliphatic carbocycles. The Bertz CT molecular complexity index is 322. The van der Waals surface area contributed by atoms with Crippen molar-refractivity contribution in [1.29, 1.82) is 0 Å². The Hall–Kier alpha value is -1.26. The predicted molar refractivity (Wildman–Crippen MR) is 38.7 cm³/mol. The zero-order valence-corrected chi connectivity index (χ0v) is 5.33. The molecule has 0 amide bonds. The average Bonchev–Trinajstić information content (AvgIpc) is 2.33. The number of hydrogen-bond donors (Lipinski definition) is 1. The quantitative estimate of drug-likeness (QED) is 0.369. The van der Waals surface area contributed by atoms with Gasteiger partial charge in [-0.1, -0.05) is 5.43 Å². The van der Waals surface area contributed by atoms with Gasteiger partial charge in [0.2, 0.25) is 0 Å². The number of rotatable bonds is 3. The molecule has 0 fully saturated rings. The van der Waals surface area contributed by atoms with Gasteiger partial charge in [-0.05, 0) is 4.92 Å². The third-order valence-corrected chi connectivity index (χ3v) is 0.841. The van der Waals surface area contributed by atoms with Crippen LogP contribution in [0.5, 0.6) is 0 Å². The summed E-state index contributed by atoms with van der Waals surface area (Å²) in [6.45, 7) is 0. The van der Waals surface area contributed by atoms with Crippen molar-refractivity contribution in [1.82, 2.24) is 10.3 Å². The van der Waals surface area contributed by atoms with Crippen LogP contribution >= 0.6 is 0 Å². The van der Waals surface area contributed by atoms with Gasteiger partial charge in [0.25, 0.3) is 0 Å². The van der Waals surface area contributed by atoms with Crippen LogP contribution in [0.15, 0.2) is 4.63 Å². The molecule has 1 N–H and O–H groups in total. The van der Waals surface area contributed by atoms with Crippen molar-refractivity contribution >= 4 is 41.2 Å². The molecule has 13 heavy (non-hydrogen) atoms. The number of anilines is 1. The van der Waals surface area contributed by atoms with Crippen molar-refractivity contribution in [2.75, 3.05) is 5.43 Å². The first-order valence-corrected chi connectivity index (χ1v) is 2.49. The minimum atomic E-state index is -1.01. The number of nitro groups is 2. The summed E-state index contributed by atoms with van der Waals surface area (Å²) in [7, 11) is 0. The van der Waals surface area contributed by atoms with E-state index in [1.54, 1.807) is 0 Å². The third-order valence-electron chi connectivity index (χ3n) is 0.841. The summed E-state index contributed by atoms with van der Waals surface area (Å²) in [4.78, 5) is 18.9. The van der Waals surface area contributed by atoms with Crippen LogP contribution in [0.4, 0.5) is 11.6 Å². The Labute approximate surface area is 91.8 Å². The summed E-state index contributed by atoms with van der Waals surface area (Å²) in [5, 5.41) is 24.6. The van der Waals surface area contributed by atoms with Crippen molar-refractivity contribution in [2.24, 2.45) is 0 Å². The fourth-order valence-electron chi connectivity index (χ4n) is 0.461. The summed E-state index contributed by atoms with van der Waals surface area (Å²) in [6, 6.07) is 0. The second kappa shape index (κ2) is 4.69. The van der Waals surface area contributed by atoms with Crippen LogP contribution in [0.2, 0.25) is 0 Å². The molecule has 0 radical (unpaired) electrons. The van der Waals surface area contributed by atoms with Gasteiger partial charge in [0, 0.05) is 5.16 Å². The van der Waals surface area contributed by atoms with Gasteiger partial charge in [0.15, 0.2) is 10.2 Å². The maximum absolute atomic E-state index is 10.0. The molecule has 0 atom stereocenters. The molecular weight excluding hydrogens is 197 g/mol. The van der Waals surface area contributed by atoms with Crippen molar-refractivity contribution in [3.63, 3.8) is 0 Å². The number of nitrogens with one attached hydrogen (secondary N) is 1. The molecule has 1 aromatic heterocycles. The number of nitrogens with zero attached hydrogens (tertiary/aromatic N) is 4. The second-order valence-electron chi connectivity index (χ2n) is 1.56. The molecular formula is C2H2N5NaO5. The molecule has 0 aliphatic rings. The Morgan fingerprint density at radius 1 is 1.31 bits per heavy atom. The van der Waals surface area contributed by atoms with Gasteiger partial charge in [-0.2, -0.15) is 0 Å². The van der Waals surface area contributed by atoms with Crippen LogP contribution in [0.3, 0.4) is 0 Å². The van der Waals surface area contributed by atoms with E-state index in [4.69, 9.17) is 0 Å². The molecule has 0 saturated carbocycles. The van der Waals surface area contributed by atoms with Crippen LogP contribution in [0, 0.1) is 20.2 Å². The van der Waals surface area contributed by atoms with Crippen molar-refractivity contribution in [2.45, 2.75) is 0 Å². The van der Waals surface area contributed by atoms with Gasteiger partial charge in [-0.15, -0.1) is 4.63 Å². The molecule has 10 nitrogen and oxygen atoms in total. The summed E-state index contributed by atoms with van der Waals surface area (Å²) in [6.07, 6.45) is 0. The first kappa shape index (κ1) is 11.7. The van der Waals surface area contributed by atoms with Gasteiger partial charge >= 0.3 is 41.2 Å². The molecule has 1 rings (SSSR count). The monoisotopic (exact) mass is 199 g/mol. The zero-order chi connectivity index (χ0) is 9.14. The second-order valence-corrected chi connectivity index (χ2v) is 1.56. The standard InChI is InChI=1S/C2HN5O5.Na.H/c8-6(9)2-1(3-7(10)11)4-12-5-2;;/h(H,3,4);;. The molecule has 0 aliphatic heterocycles. The molecule has 1 aromatic rings. The Balaban J connectivity index is 0.00000144. The van der Waals surface area contributed by atoms with Crippen LogP contribution in [0.25, 0.3) is 0 Å². The van der Waals surface area contributed by atoms with Gasteiger partial charge < -0.3 is 10.1 Å². The van der Waals surface area contributed by atoms with Crippen LogP contribution in [-0.4, -0.2) is 49.8 Å². The molecule has 0 unspecified atom stereocenters. The molecule has 0 saturated heterocycles. The van der Waals surface area contributed by atoms with Crippen molar-refractivity contribution in [3.05, 3.63) is 20.2 Å². The molecule has 66 valence electrons. The van der Waals surface area contributed by atoms with E-state index in [9.17, 15) is 20.2 Å². The van der Waals surface area contributed by atoms with E-state index < -0.39 is 21.6 Å². The van der Waals surface area contributed by atoms with E-state index in [0.717, 1.165) is 0 Å². The fraction of sp³-hybridized carbons (Fsp3) is 0. The summed E-state index contributed by atoms with van der Waals surface area (Å²) in [5.41, 5.74) is 1.45. The van der Waals surface area contributed by atoms with Gasteiger partial charge in [-0.3, -0.25) is 0 Å². The van der Waals surface area contributed by atoms with Gasteiger partial charge in [0.05, 0.1) is 0 Å². The Morgan fingerprint density at radius 3 is 2.38 bits per heavy atom. The minimum absolute atomic E-state index is 0. The molecule has 1 heterocycles.